The van der Waals surface area contributed by atoms with Crippen LogP contribution in [-0.4, -0.2) is 5.11 Å². The van der Waals surface area contributed by atoms with Gasteiger partial charge < -0.3 is 5.11 Å². The minimum absolute atomic E-state index is 0.0155. The van der Waals surface area contributed by atoms with Gasteiger partial charge in [0.05, 0.1) is 5.60 Å². The van der Waals surface area contributed by atoms with Crippen molar-refractivity contribution >= 4 is 0 Å². The van der Waals surface area contributed by atoms with Gasteiger partial charge in [0.1, 0.15) is 0 Å². The summed E-state index contributed by atoms with van der Waals surface area (Å²) in [6.45, 7) is 1.50. The molecule has 1 nitrogen and oxygen atoms in total. The Morgan fingerprint density at radius 3 is 2.07 bits per heavy atom. The molecule has 1 aliphatic rings. The van der Waals surface area contributed by atoms with Crippen LogP contribution in [0.15, 0.2) is 12.1 Å². The summed E-state index contributed by atoms with van der Waals surface area (Å²) in [5.41, 5.74) is -1.17. The molecular weight excluding hydrogens is 205 g/mol. The average molecular weight is 216 g/mol. The van der Waals surface area contributed by atoms with Gasteiger partial charge in [0.25, 0.3) is 0 Å². The lowest BCUT2D eigenvalue weighted by molar-refractivity contribution is 0.0323. The summed E-state index contributed by atoms with van der Waals surface area (Å²) in [5, 5.41) is 10.0. The summed E-state index contributed by atoms with van der Waals surface area (Å²) >= 11 is 0. The molecule has 1 saturated carbocycles. The zero-order valence-electron chi connectivity index (χ0n) is 8.23. The highest BCUT2D eigenvalue weighted by Gasteiger charge is 2.41. The summed E-state index contributed by atoms with van der Waals surface area (Å²) < 4.78 is 38.5. The van der Waals surface area contributed by atoms with Gasteiger partial charge in [-0.2, -0.15) is 0 Å². The van der Waals surface area contributed by atoms with E-state index in [1.807, 2.05) is 0 Å². The number of rotatable bonds is 2. The molecule has 1 fully saturated rings. The van der Waals surface area contributed by atoms with Crippen molar-refractivity contribution in [3.05, 3.63) is 35.1 Å². The molecule has 0 spiro atoms. The van der Waals surface area contributed by atoms with Crippen LogP contribution in [0.4, 0.5) is 13.2 Å². The highest BCUT2D eigenvalue weighted by molar-refractivity contribution is 5.26. The second-order valence-electron chi connectivity index (χ2n) is 4.18. The standard InChI is InChI=1S/C11H11F3O/c1-11(15,6-2-3-6)7-4-8(12)10(14)9(13)5-7/h4-6,15H,2-3H2,1H3/t11-/m1/s1. The van der Waals surface area contributed by atoms with Crippen LogP contribution in [0.5, 0.6) is 0 Å². The number of aliphatic hydroxyl groups is 1. The number of hydrogen-bond donors (Lipinski definition) is 1. The van der Waals surface area contributed by atoms with E-state index in [-0.39, 0.29) is 11.5 Å². The van der Waals surface area contributed by atoms with Gasteiger partial charge in [-0.1, -0.05) is 0 Å². The second-order valence-corrected chi connectivity index (χ2v) is 4.18. The third-order valence-electron chi connectivity index (χ3n) is 2.94. The van der Waals surface area contributed by atoms with Gasteiger partial charge >= 0.3 is 0 Å². The lowest BCUT2D eigenvalue weighted by atomic mass is 9.91. The maximum Gasteiger partial charge on any atom is 0.194 e. The van der Waals surface area contributed by atoms with Crippen LogP contribution >= 0.6 is 0 Å². The van der Waals surface area contributed by atoms with Crippen LogP contribution in [-0.2, 0) is 5.60 Å². The molecule has 1 N–H and O–H groups in total. The molecule has 82 valence electrons. The van der Waals surface area contributed by atoms with Gasteiger partial charge in [0, 0.05) is 0 Å². The van der Waals surface area contributed by atoms with Gasteiger partial charge in [0.15, 0.2) is 17.5 Å². The van der Waals surface area contributed by atoms with E-state index in [2.05, 4.69) is 0 Å². The van der Waals surface area contributed by atoms with Crippen LogP contribution in [0, 0.1) is 23.4 Å². The lowest BCUT2D eigenvalue weighted by Gasteiger charge is -2.23. The van der Waals surface area contributed by atoms with Crippen LogP contribution in [0.3, 0.4) is 0 Å². The van der Waals surface area contributed by atoms with Crippen molar-refractivity contribution in [1.29, 1.82) is 0 Å². The zero-order chi connectivity index (χ0) is 11.2. The molecule has 0 radical (unpaired) electrons. The fourth-order valence-electron chi connectivity index (χ4n) is 1.73. The van der Waals surface area contributed by atoms with Crippen molar-refractivity contribution in [2.45, 2.75) is 25.4 Å². The molecule has 0 aliphatic heterocycles. The van der Waals surface area contributed by atoms with Crippen molar-refractivity contribution in [2.75, 3.05) is 0 Å². The third kappa shape index (κ3) is 1.74. The molecule has 0 amide bonds. The van der Waals surface area contributed by atoms with E-state index in [1.165, 1.54) is 6.92 Å². The largest absolute Gasteiger partial charge is 0.385 e. The molecule has 0 aromatic heterocycles. The molecule has 0 bridgehead atoms. The second kappa shape index (κ2) is 3.23. The summed E-state index contributed by atoms with van der Waals surface area (Å²) in [4.78, 5) is 0. The van der Waals surface area contributed by atoms with Crippen molar-refractivity contribution in [3.8, 4) is 0 Å². The first-order valence-electron chi connectivity index (χ1n) is 4.80. The molecule has 1 aromatic carbocycles. The van der Waals surface area contributed by atoms with E-state index < -0.39 is 23.1 Å². The predicted octanol–water partition coefficient (Wildman–Crippen LogP) is 2.72. The van der Waals surface area contributed by atoms with Crippen molar-refractivity contribution < 1.29 is 18.3 Å². The van der Waals surface area contributed by atoms with Crippen molar-refractivity contribution in [2.24, 2.45) is 5.92 Å². The highest BCUT2D eigenvalue weighted by atomic mass is 19.2. The van der Waals surface area contributed by atoms with Crippen LogP contribution in [0.1, 0.15) is 25.3 Å². The molecule has 1 atom stereocenters. The Labute approximate surface area is 85.5 Å². The first-order valence-corrected chi connectivity index (χ1v) is 4.80. The average Bonchev–Trinajstić information content (AvgIpc) is 2.96. The van der Waals surface area contributed by atoms with Crippen LogP contribution in [0.25, 0.3) is 0 Å². The molecule has 15 heavy (non-hydrogen) atoms. The summed E-state index contributed by atoms with van der Waals surface area (Å²) in [6.07, 6.45) is 1.65. The Morgan fingerprint density at radius 1 is 1.20 bits per heavy atom. The SMILES string of the molecule is C[C@](O)(c1cc(F)c(F)c(F)c1)C1CC1. The Kier molecular flexibility index (Phi) is 2.26. The molecule has 0 unspecified atom stereocenters. The smallest absolute Gasteiger partial charge is 0.194 e. The fraction of sp³-hybridized carbons (Fsp3) is 0.455. The molecule has 4 heteroatoms. The lowest BCUT2D eigenvalue weighted by Crippen LogP contribution is -2.24. The minimum Gasteiger partial charge on any atom is -0.385 e. The zero-order valence-corrected chi connectivity index (χ0v) is 8.23. The monoisotopic (exact) mass is 216 g/mol. The quantitative estimate of drug-likeness (QED) is 0.753. The molecule has 1 aromatic rings. The topological polar surface area (TPSA) is 20.2 Å². The van der Waals surface area contributed by atoms with Gasteiger partial charge in [-0.25, -0.2) is 13.2 Å². The van der Waals surface area contributed by atoms with Crippen molar-refractivity contribution in [3.63, 3.8) is 0 Å². The van der Waals surface area contributed by atoms with E-state index >= 15 is 0 Å². The van der Waals surface area contributed by atoms with Crippen molar-refractivity contribution in [1.82, 2.24) is 0 Å². The molecule has 0 saturated heterocycles. The highest BCUT2D eigenvalue weighted by Crippen LogP contribution is 2.45. The molecule has 1 aliphatic carbocycles. The van der Waals surface area contributed by atoms with Crippen LogP contribution < -0.4 is 0 Å². The molecule has 0 heterocycles. The van der Waals surface area contributed by atoms with Gasteiger partial charge in [-0.15, -0.1) is 0 Å². The first-order chi connectivity index (χ1) is 6.93. The Hall–Kier alpha value is -1.03. The number of benzene rings is 1. The van der Waals surface area contributed by atoms with Gasteiger partial charge in [0.2, 0.25) is 0 Å². The van der Waals surface area contributed by atoms with E-state index in [0.29, 0.717) is 0 Å². The molecular formula is C11H11F3O. The third-order valence-corrected chi connectivity index (χ3v) is 2.94. The normalized spacial score (nSPS) is 20.1. The maximum absolute atomic E-state index is 12.9. The van der Waals surface area contributed by atoms with E-state index in [1.54, 1.807) is 0 Å². The Balaban J connectivity index is 2.44. The number of halogens is 3. The predicted molar refractivity (Wildman–Crippen MR) is 48.6 cm³/mol. The minimum atomic E-state index is -1.50. The number of hydrogen-bond acceptors (Lipinski definition) is 1. The fourth-order valence-corrected chi connectivity index (χ4v) is 1.73. The van der Waals surface area contributed by atoms with E-state index in [4.69, 9.17) is 0 Å². The first kappa shape index (κ1) is 10.5. The van der Waals surface area contributed by atoms with Crippen LogP contribution in [0.2, 0.25) is 0 Å². The Morgan fingerprint density at radius 2 is 1.67 bits per heavy atom. The molecule has 2 rings (SSSR count). The summed E-state index contributed by atoms with van der Waals surface area (Å²) in [6, 6.07) is 1.72. The van der Waals surface area contributed by atoms with Gasteiger partial charge in [-0.3, -0.25) is 0 Å². The van der Waals surface area contributed by atoms with Gasteiger partial charge in [-0.05, 0) is 43.4 Å². The van der Waals surface area contributed by atoms with E-state index in [0.717, 1.165) is 25.0 Å². The van der Waals surface area contributed by atoms with E-state index in [9.17, 15) is 18.3 Å². The summed E-state index contributed by atoms with van der Waals surface area (Å²) in [5.74, 6) is -4.00. The Bertz CT molecular complexity index is 374. The maximum atomic E-state index is 12.9. The summed E-state index contributed by atoms with van der Waals surface area (Å²) in [7, 11) is 0.